The normalized spacial score (nSPS) is 29.8. The molecule has 0 saturated heterocycles. The lowest BCUT2D eigenvalue weighted by atomic mass is 9.78. The minimum absolute atomic E-state index is 0.763. The zero-order valence-electron chi connectivity index (χ0n) is 8.63. The van der Waals surface area contributed by atoms with Gasteiger partial charge >= 0.3 is 0 Å². The van der Waals surface area contributed by atoms with Crippen LogP contribution in [-0.2, 0) is 0 Å². The van der Waals surface area contributed by atoms with Gasteiger partial charge in [0, 0.05) is 0 Å². The summed E-state index contributed by atoms with van der Waals surface area (Å²) in [6.45, 7) is 9.83. The first kappa shape index (κ1) is 10.3. The summed E-state index contributed by atoms with van der Waals surface area (Å²) in [6, 6.07) is 0. The fourth-order valence-corrected chi connectivity index (χ4v) is 2.21. The molecule has 1 fully saturated rings. The molecule has 0 aromatic carbocycles. The third-order valence-corrected chi connectivity index (χ3v) is 3.15. The van der Waals surface area contributed by atoms with Crippen molar-refractivity contribution in [2.45, 2.75) is 32.6 Å². The van der Waals surface area contributed by atoms with Crippen LogP contribution in [0.5, 0.6) is 0 Å². The van der Waals surface area contributed by atoms with Gasteiger partial charge in [0.05, 0.1) is 0 Å². The molecular weight excluding hydrogens is 156 g/mol. The van der Waals surface area contributed by atoms with Gasteiger partial charge < -0.3 is 0 Å². The van der Waals surface area contributed by atoms with E-state index in [0.717, 1.165) is 11.8 Å². The van der Waals surface area contributed by atoms with Crippen molar-refractivity contribution in [2.24, 2.45) is 11.8 Å². The van der Waals surface area contributed by atoms with Gasteiger partial charge in [-0.15, -0.1) is 6.58 Å². The van der Waals surface area contributed by atoms with Crippen molar-refractivity contribution in [2.75, 3.05) is 0 Å². The molecule has 0 atom stereocenters. The number of rotatable bonds is 3. The SMILES string of the molecule is C=C/C(=C\C)C1CCC(C=C)CC1. The van der Waals surface area contributed by atoms with E-state index in [-0.39, 0.29) is 0 Å². The molecule has 0 aromatic heterocycles. The van der Waals surface area contributed by atoms with Crippen molar-refractivity contribution in [3.8, 4) is 0 Å². The molecule has 1 saturated carbocycles. The Morgan fingerprint density at radius 3 is 2.15 bits per heavy atom. The Morgan fingerprint density at radius 1 is 1.15 bits per heavy atom. The molecule has 0 nitrogen and oxygen atoms in total. The van der Waals surface area contributed by atoms with Crippen LogP contribution >= 0.6 is 0 Å². The molecule has 0 N–H and O–H groups in total. The highest BCUT2D eigenvalue weighted by molar-refractivity contribution is 5.19. The molecule has 13 heavy (non-hydrogen) atoms. The Labute approximate surface area is 82.0 Å². The Kier molecular flexibility index (Phi) is 4.01. The van der Waals surface area contributed by atoms with E-state index in [1.807, 2.05) is 6.08 Å². The number of hydrogen-bond acceptors (Lipinski definition) is 0. The lowest BCUT2D eigenvalue weighted by molar-refractivity contribution is 0.348. The molecule has 0 bridgehead atoms. The molecule has 0 spiro atoms. The standard InChI is InChI=1S/C13H20/c1-4-11-7-9-13(10-8-11)12(5-2)6-3/h4-6,11,13H,1-2,7-10H2,3H3/b12-6+. The van der Waals surface area contributed by atoms with Crippen molar-refractivity contribution in [3.05, 3.63) is 37.0 Å². The van der Waals surface area contributed by atoms with Crippen LogP contribution in [0, 0.1) is 11.8 Å². The molecule has 0 amide bonds. The van der Waals surface area contributed by atoms with Gasteiger partial charge in [-0.05, 0) is 50.0 Å². The fourth-order valence-electron chi connectivity index (χ4n) is 2.21. The lowest BCUT2D eigenvalue weighted by Gasteiger charge is -2.27. The van der Waals surface area contributed by atoms with Gasteiger partial charge in [-0.25, -0.2) is 0 Å². The zero-order valence-corrected chi connectivity index (χ0v) is 8.63. The quantitative estimate of drug-likeness (QED) is 0.448. The summed E-state index contributed by atoms with van der Waals surface area (Å²) >= 11 is 0. The van der Waals surface area contributed by atoms with E-state index in [4.69, 9.17) is 0 Å². The molecule has 0 aliphatic heterocycles. The zero-order chi connectivity index (χ0) is 9.68. The Bertz CT molecular complexity index is 202. The summed E-state index contributed by atoms with van der Waals surface area (Å²) in [4.78, 5) is 0. The third-order valence-electron chi connectivity index (χ3n) is 3.15. The van der Waals surface area contributed by atoms with Crippen LogP contribution in [-0.4, -0.2) is 0 Å². The fraction of sp³-hybridized carbons (Fsp3) is 0.538. The van der Waals surface area contributed by atoms with Crippen molar-refractivity contribution >= 4 is 0 Å². The summed E-state index contributed by atoms with van der Waals surface area (Å²) in [5.41, 5.74) is 1.43. The van der Waals surface area contributed by atoms with Gasteiger partial charge in [-0.2, -0.15) is 0 Å². The van der Waals surface area contributed by atoms with Crippen LogP contribution in [0.1, 0.15) is 32.6 Å². The molecule has 0 radical (unpaired) electrons. The first-order chi connectivity index (χ1) is 6.31. The van der Waals surface area contributed by atoms with Crippen LogP contribution in [0.25, 0.3) is 0 Å². The van der Waals surface area contributed by atoms with E-state index in [0.29, 0.717) is 0 Å². The molecule has 1 aliphatic carbocycles. The molecule has 0 unspecified atom stereocenters. The minimum atomic E-state index is 0.763. The summed E-state index contributed by atoms with van der Waals surface area (Å²) < 4.78 is 0. The third kappa shape index (κ3) is 2.58. The highest BCUT2D eigenvalue weighted by Crippen LogP contribution is 2.33. The van der Waals surface area contributed by atoms with E-state index < -0.39 is 0 Å². The number of allylic oxidation sites excluding steroid dienone is 4. The highest BCUT2D eigenvalue weighted by atomic mass is 14.2. The summed E-state index contributed by atoms with van der Waals surface area (Å²) in [7, 11) is 0. The molecule has 72 valence electrons. The van der Waals surface area contributed by atoms with E-state index >= 15 is 0 Å². The van der Waals surface area contributed by atoms with Gasteiger partial charge in [0.15, 0.2) is 0 Å². The average Bonchev–Trinajstić information content (AvgIpc) is 2.21. The predicted molar refractivity (Wildman–Crippen MR) is 59.6 cm³/mol. The monoisotopic (exact) mass is 176 g/mol. The van der Waals surface area contributed by atoms with Crippen molar-refractivity contribution in [1.29, 1.82) is 0 Å². The van der Waals surface area contributed by atoms with E-state index in [1.165, 1.54) is 31.3 Å². The Morgan fingerprint density at radius 2 is 1.77 bits per heavy atom. The van der Waals surface area contributed by atoms with Gasteiger partial charge in [-0.1, -0.05) is 24.8 Å². The Hall–Kier alpha value is -0.780. The number of hydrogen-bond donors (Lipinski definition) is 0. The molecular formula is C13H20. The van der Waals surface area contributed by atoms with Crippen LogP contribution in [0.3, 0.4) is 0 Å². The van der Waals surface area contributed by atoms with Crippen LogP contribution in [0.15, 0.2) is 37.0 Å². The first-order valence-corrected chi connectivity index (χ1v) is 5.23. The summed E-state index contributed by atoms with van der Waals surface area (Å²) in [5, 5.41) is 0. The van der Waals surface area contributed by atoms with Gasteiger partial charge in [0.1, 0.15) is 0 Å². The molecule has 1 aliphatic rings. The molecule has 0 heteroatoms. The van der Waals surface area contributed by atoms with E-state index in [2.05, 4.69) is 32.2 Å². The van der Waals surface area contributed by atoms with Crippen molar-refractivity contribution in [1.82, 2.24) is 0 Å². The largest absolute Gasteiger partial charge is 0.103 e. The van der Waals surface area contributed by atoms with Crippen LogP contribution in [0.2, 0.25) is 0 Å². The lowest BCUT2D eigenvalue weighted by Crippen LogP contribution is -2.13. The van der Waals surface area contributed by atoms with E-state index in [9.17, 15) is 0 Å². The first-order valence-electron chi connectivity index (χ1n) is 5.23. The summed E-state index contributed by atoms with van der Waals surface area (Å²) in [6.07, 6.45) is 11.5. The average molecular weight is 176 g/mol. The van der Waals surface area contributed by atoms with Crippen molar-refractivity contribution in [3.63, 3.8) is 0 Å². The van der Waals surface area contributed by atoms with Crippen LogP contribution < -0.4 is 0 Å². The maximum Gasteiger partial charge on any atom is -0.0165 e. The minimum Gasteiger partial charge on any atom is -0.103 e. The molecule has 0 heterocycles. The second-order valence-corrected chi connectivity index (χ2v) is 3.84. The second-order valence-electron chi connectivity index (χ2n) is 3.84. The second kappa shape index (κ2) is 5.06. The molecule has 1 rings (SSSR count). The smallest absolute Gasteiger partial charge is 0.0165 e. The highest BCUT2D eigenvalue weighted by Gasteiger charge is 2.20. The van der Waals surface area contributed by atoms with Gasteiger partial charge in [-0.3, -0.25) is 0 Å². The van der Waals surface area contributed by atoms with Gasteiger partial charge in [0.2, 0.25) is 0 Å². The Balaban J connectivity index is 2.49. The summed E-state index contributed by atoms with van der Waals surface area (Å²) in [5.74, 6) is 1.53. The van der Waals surface area contributed by atoms with Gasteiger partial charge in [0.25, 0.3) is 0 Å². The maximum absolute atomic E-state index is 3.86. The van der Waals surface area contributed by atoms with Crippen LogP contribution in [0.4, 0.5) is 0 Å². The molecule has 0 aromatic rings. The van der Waals surface area contributed by atoms with E-state index in [1.54, 1.807) is 0 Å². The topological polar surface area (TPSA) is 0 Å². The van der Waals surface area contributed by atoms with Crippen molar-refractivity contribution < 1.29 is 0 Å². The predicted octanol–water partition coefficient (Wildman–Crippen LogP) is 4.11. The maximum atomic E-state index is 3.86.